The second-order valence-corrected chi connectivity index (χ2v) is 12.4. The van der Waals surface area contributed by atoms with Gasteiger partial charge in [0.05, 0.1) is 19.3 Å². The molecule has 33 heavy (non-hydrogen) atoms. The Labute approximate surface area is 200 Å². The van der Waals surface area contributed by atoms with Crippen LogP contribution in [0, 0.1) is 35.0 Å². The van der Waals surface area contributed by atoms with Gasteiger partial charge in [-0.1, -0.05) is 25.8 Å². The SMILES string of the molecule is C/C1=C2\C[C@H]3[C@@H](CC[C@@H]4C[C@H](OC(=O)CN)CC[C@@]43C)[C@@H]2CCCC2NC[C@@H](C)C[C@H]2OC1. The number of allylic oxidation sites excluding steroid dienone is 1. The first-order valence-corrected chi connectivity index (χ1v) is 13.8. The number of rotatable bonds is 2. The lowest BCUT2D eigenvalue weighted by Gasteiger charge is -2.53. The van der Waals surface area contributed by atoms with Crippen LogP contribution in [-0.4, -0.2) is 43.9 Å². The van der Waals surface area contributed by atoms with Crippen LogP contribution in [0.4, 0.5) is 0 Å². The zero-order valence-electron chi connectivity index (χ0n) is 21.1. The van der Waals surface area contributed by atoms with Crippen molar-refractivity contribution in [2.45, 2.75) is 103 Å². The fourth-order valence-electron chi connectivity index (χ4n) is 8.62. The zero-order chi connectivity index (χ0) is 23.2. The van der Waals surface area contributed by atoms with Crippen LogP contribution in [0.1, 0.15) is 85.0 Å². The summed E-state index contributed by atoms with van der Waals surface area (Å²) >= 11 is 0. The van der Waals surface area contributed by atoms with Gasteiger partial charge in [-0.25, -0.2) is 0 Å². The molecule has 1 saturated heterocycles. The number of nitrogens with one attached hydrogen (secondary N) is 1. The van der Waals surface area contributed by atoms with E-state index in [4.69, 9.17) is 15.2 Å². The monoisotopic (exact) mass is 458 g/mol. The molecule has 0 radical (unpaired) electrons. The molecule has 2 aliphatic heterocycles. The molecule has 186 valence electrons. The van der Waals surface area contributed by atoms with E-state index in [0.717, 1.165) is 43.7 Å². The number of esters is 1. The van der Waals surface area contributed by atoms with Crippen LogP contribution in [0.3, 0.4) is 0 Å². The predicted octanol–water partition coefficient (Wildman–Crippen LogP) is 4.59. The average Bonchev–Trinajstić information content (AvgIpc) is 3.18. The standard InChI is InChI=1S/C28H46N2O3/c1-17-11-26-25(30-15-17)6-4-5-21-22-8-7-19-12-20(33-27(31)14-29)9-10-28(19,3)24(22)13-23(21)18(2)16-32-26/h17,19-22,24-26,30H,4-16,29H2,1-3H3/b23-18-/t17-,19+,20+,21-,22-,24-,25?,26+,28-/m0/s1. The Morgan fingerprint density at radius 1 is 1.21 bits per heavy atom. The van der Waals surface area contributed by atoms with Gasteiger partial charge in [-0.2, -0.15) is 0 Å². The van der Waals surface area contributed by atoms with Gasteiger partial charge in [0.1, 0.15) is 6.10 Å². The smallest absolute Gasteiger partial charge is 0.319 e. The van der Waals surface area contributed by atoms with Crippen molar-refractivity contribution in [2.75, 3.05) is 19.7 Å². The van der Waals surface area contributed by atoms with Gasteiger partial charge in [0, 0.05) is 6.04 Å². The molecule has 4 fully saturated rings. The van der Waals surface area contributed by atoms with E-state index >= 15 is 0 Å². The molecule has 5 rings (SSSR count). The second kappa shape index (κ2) is 9.62. The molecular formula is C28H46N2O3. The molecule has 0 spiro atoms. The highest BCUT2D eigenvalue weighted by Crippen LogP contribution is 2.63. The van der Waals surface area contributed by atoms with Crippen molar-refractivity contribution >= 4 is 5.97 Å². The Hall–Kier alpha value is -0.910. The third-order valence-corrected chi connectivity index (χ3v) is 10.5. The molecule has 0 aromatic heterocycles. The van der Waals surface area contributed by atoms with Crippen molar-refractivity contribution in [2.24, 2.45) is 40.7 Å². The Kier molecular flexibility index (Phi) is 6.94. The van der Waals surface area contributed by atoms with E-state index in [2.05, 4.69) is 26.1 Å². The van der Waals surface area contributed by atoms with Gasteiger partial charge in [0.15, 0.2) is 0 Å². The van der Waals surface area contributed by atoms with Crippen molar-refractivity contribution in [1.82, 2.24) is 5.32 Å². The fraction of sp³-hybridized carbons (Fsp3) is 0.893. The van der Waals surface area contributed by atoms with Crippen LogP contribution in [0.5, 0.6) is 0 Å². The summed E-state index contributed by atoms with van der Waals surface area (Å²) in [7, 11) is 0. The largest absolute Gasteiger partial charge is 0.461 e. The molecule has 3 saturated carbocycles. The van der Waals surface area contributed by atoms with Crippen LogP contribution in [0.25, 0.3) is 0 Å². The predicted molar refractivity (Wildman–Crippen MR) is 131 cm³/mol. The van der Waals surface area contributed by atoms with E-state index in [1.165, 1.54) is 56.9 Å². The quantitative estimate of drug-likeness (QED) is 0.468. The Morgan fingerprint density at radius 3 is 2.88 bits per heavy atom. The molecule has 1 unspecified atom stereocenters. The van der Waals surface area contributed by atoms with Crippen LogP contribution in [0.2, 0.25) is 0 Å². The zero-order valence-corrected chi connectivity index (χ0v) is 21.1. The third kappa shape index (κ3) is 4.54. The van der Waals surface area contributed by atoms with Gasteiger partial charge in [-0.05, 0) is 112 Å². The first kappa shape index (κ1) is 23.8. The molecule has 0 amide bonds. The second-order valence-electron chi connectivity index (χ2n) is 12.4. The number of piperidine rings is 1. The molecule has 0 aromatic rings. The minimum atomic E-state index is -0.242. The number of hydrogen-bond acceptors (Lipinski definition) is 5. The lowest BCUT2D eigenvalue weighted by atomic mass is 9.52. The van der Waals surface area contributed by atoms with Crippen molar-refractivity contribution in [1.29, 1.82) is 0 Å². The first-order valence-electron chi connectivity index (χ1n) is 13.8. The van der Waals surface area contributed by atoms with Gasteiger partial charge in [-0.3, -0.25) is 4.79 Å². The summed E-state index contributed by atoms with van der Waals surface area (Å²) in [6.45, 7) is 9.23. The lowest BCUT2D eigenvalue weighted by molar-refractivity contribution is -0.155. The molecular weight excluding hydrogens is 412 g/mol. The van der Waals surface area contributed by atoms with Gasteiger partial charge >= 0.3 is 5.97 Å². The van der Waals surface area contributed by atoms with E-state index in [0.29, 0.717) is 29.4 Å². The lowest BCUT2D eigenvalue weighted by Crippen LogP contribution is -2.49. The maximum Gasteiger partial charge on any atom is 0.319 e. The molecule has 0 aromatic carbocycles. The maximum atomic E-state index is 11.8. The molecule has 3 aliphatic carbocycles. The molecule has 5 nitrogen and oxygen atoms in total. The summed E-state index contributed by atoms with van der Waals surface area (Å²) in [6.07, 6.45) is 12.7. The summed E-state index contributed by atoms with van der Waals surface area (Å²) in [6, 6.07) is 0.535. The highest BCUT2D eigenvalue weighted by atomic mass is 16.5. The van der Waals surface area contributed by atoms with Crippen molar-refractivity contribution < 1.29 is 14.3 Å². The number of hydrogen-bond donors (Lipinski definition) is 2. The molecule has 9 atom stereocenters. The van der Waals surface area contributed by atoms with Crippen molar-refractivity contribution in [3.8, 4) is 0 Å². The van der Waals surface area contributed by atoms with Crippen molar-refractivity contribution in [3.63, 3.8) is 0 Å². The Morgan fingerprint density at radius 2 is 2.06 bits per heavy atom. The van der Waals surface area contributed by atoms with E-state index in [1.54, 1.807) is 5.57 Å². The minimum absolute atomic E-state index is 0.00351. The van der Waals surface area contributed by atoms with Gasteiger partial charge < -0.3 is 20.5 Å². The average molecular weight is 459 g/mol. The van der Waals surface area contributed by atoms with Crippen LogP contribution < -0.4 is 11.1 Å². The summed E-state index contributed by atoms with van der Waals surface area (Å²) in [5.74, 6) is 3.49. The Balaban J connectivity index is 1.33. The van der Waals surface area contributed by atoms with Crippen molar-refractivity contribution in [3.05, 3.63) is 11.1 Å². The van der Waals surface area contributed by atoms with Crippen LogP contribution in [-0.2, 0) is 14.3 Å². The van der Waals surface area contributed by atoms with E-state index in [9.17, 15) is 4.79 Å². The summed E-state index contributed by atoms with van der Waals surface area (Å²) < 4.78 is 12.3. The summed E-state index contributed by atoms with van der Waals surface area (Å²) in [5, 5.41) is 3.80. The molecule has 2 heterocycles. The van der Waals surface area contributed by atoms with E-state index < -0.39 is 0 Å². The summed E-state index contributed by atoms with van der Waals surface area (Å²) in [5.41, 5.74) is 9.15. The number of carbonyl (C=O) groups is 1. The Bertz CT molecular complexity index is 766. The topological polar surface area (TPSA) is 73.6 Å². The van der Waals surface area contributed by atoms with E-state index in [1.807, 2.05) is 0 Å². The van der Waals surface area contributed by atoms with Crippen LogP contribution in [0.15, 0.2) is 11.1 Å². The minimum Gasteiger partial charge on any atom is -0.461 e. The highest BCUT2D eigenvalue weighted by Gasteiger charge is 2.56. The van der Waals surface area contributed by atoms with Gasteiger partial charge in [0.2, 0.25) is 0 Å². The summed E-state index contributed by atoms with van der Waals surface area (Å²) in [4.78, 5) is 11.8. The number of ether oxygens (including phenoxy) is 2. The van der Waals surface area contributed by atoms with Gasteiger partial charge in [0.25, 0.3) is 0 Å². The molecule has 3 N–H and O–H groups in total. The number of nitrogens with two attached hydrogens (primary N) is 1. The molecule has 5 heteroatoms. The normalized spacial score (nSPS) is 48.1. The highest BCUT2D eigenvalue weighted by molar-refractivity contribution is 5.71. The first-order chi connectivity index (χ1) is 15.9. The van der Waals surface area contributed by atoms with Crippen LogP contribution >= 0.6 is 0 Å². The number of carbonyl (C=O) groups excluding carboxylic acids is 1. The van der Waals surface area contributed by atoms with E-state index in [-0.39, 0.29) is 18.6 Å². The van der Waals surface area contributed by atoms with Gasteiger partial charge in [-0.15, -0.1) is 0 Å². The number of fused-ring (bicyclic) bond motifs is 6. The third-order valence-electron chi connectivity index (χ3n) is 10.5. The molecule has 5 aliphatic rings. The fourth-order valence-corrected chi connectivity index (χ4v) is 8.62. The molecule has 0 bridgehead atoms. The maximum absolute atomic E-state index is 11.8.